The first kappa shape index (κ1) is 13.9. The number of aromatic nitrogens is 1. The van der Waals surface area contributed by atoms with E-state index in [0.29, 0.717) is 22.9 Å². The average Bonchev–Trinajstić information content (AvgIpc) is 2.45. The Kier molecular flexibility index (Phi) is 4.43. The molecule has 0 aliphatic rings. The Bertz CT molecular complexity index is 598. The van der Waals surface area contributed by atoms with Crippen molar-refractivity contribution in [3.63, 3.8) is 0 Å². The van der Waals surface area contributed by atoms with Crippen LogP contribution in [0.1, 0.15) is 30.6 Å². The zero-order chi connectivity index (χ0) is 13.8. The highest BCUT2D eigenvalue weighted by Gasteiger charge is 2.13. The molecule has 0 saturated carbocycles. The quantitative estimate of drug-likeness (QED) is 0.840. The number of nitrogens with zero attached hydrogens (tertiary/aromatic N) is 1. The van der Waals surface area contributed by atoms with Crippen molar-refractivity contribution in [2.75, 3.05) is 6.54 Å². The summed E-state index contributed by atoms with van der Waals surface area (Å²) in [6.07, 6.45) is 2.76. The zero-order valence-electron chi connectivity index (χ0n) is 11.2. The van der Waals surface area contributed by atoms with Gasteiger partial charge >= 0.3 is 0 Å². The molecule has 0 fully saturated rings. The van der Waals surface area contributed by atoms with Gasteiger partial charge in [-0.3, -0.25) is 9.78 Å². The second-order valence-electron chi connectivity index (χ2n) is 4.76. The van der Waals surface area contributed by atoms with Gasteiger partial charge in [-0.05, 0) is 18.1 Å². The van der Waals surface area contributed by atoms with E-state index >= 15 is 0 Å². The van der Waals surface area contributed by atoms with Crippen LogP contribution >= 0.6 is 12.6 Å². The highest BCUT2D eigenvalue weighted by Crippen LogP contribution is 2.23. The zero-order valence-corrected chi connectivity index (χ0v) is 12.1. The van der Waals surface area contributed by atoms with E-state index < -0.39 is 0 Å². The van der Waals surface area contributed by atoms with Gasteiger partial charge in [-0.15, -0.1) is 12.6 Å². The number of rotatable bonds is 4. The molecule has 4 heteroatoms. The number of amides is 1. The summed E-state index contributed by atoms with van der Waals surface area (Å²) < 4.78 is 0. The molecular weight excluding hydrogens is 256 g/mol. The highest BCUT2D eigenvalue weighted by molar-refractivity contribution is 7.80. The average molecular weight is 274 g/mol. The van der Waals surface area contributed by atoms with Gasteiger partial charge in [0.25, 0.3) is 5.91 Å². The predicted molar refractivity (Wildman–Crippen MR) is 80.8 cm³/mol. The van der Waals surface area contributed by atoms with Gasteiger partial charge in [0.05, 0.1) is 11.1 Å². The van der Waals surface area contributed by atoms with Crippen molar-refractivity contribution in [1.29, 1.82) is 0 Å². The fourth-order valence-corrected chi connectivity index (χ4v) is 2.18. The normalized spacial score (nSPS) is 12.4. The van der Waals surface area contributed by atoms with E-state index in [1.165, 1.54) is 0 Å². The summed E-state index contributed by atoms with van der Waals surface area (Å²) in [6, 6.07) is 7.54. The van der Waals surface area contributed by atoms with E-state index in [0.717, 1.165) is 17.3 Å². The molecule has 1 heterocycles. The van der Waals surface area contributed by atoms with Gasteiger partial charge in [-0.1, -0.05) is 32.4 Å². The third kappa shape index (κ3) is 3.07. The summed E-state index contributed by atoms with van der Waals surface area (Å²) in [4.78, 5) is 17.1. The number of pyridine rings is 1. The van der Waals surface area contributed by atoms with Crippen LogP contribution in [0, 0.1) is 5.92 Å². The topological polar surface area (TPSA) is 42.0 Å². The van der Waals surface area contributed by atoms with Gasteiger partial charge in [0.2, 0.25) is 0 Å². The number of carbonyl (C=O) groups excluding carboxylic acids is 1. The summed E-state index contributed by atoms with van der Waals surface area (Å²) in [7, 11) is 0. The maximum Gasteiger partial charge on any atom is 0.252 e. The Morgan fingerprint density at radius 3 is 2.95 bits per heavy atom. The van der Waals surface area contributed by atoms with Crippen LogP contribution in [-0.4, -0.2) is 17.4 Å². The van der Waals surface area contributed by atoms with Crippen molar-refractivity contribution < 1.29 is 4.79 Å². The number of thiol groups is 1. The van der Waals surface area contributed by atoms with Crippen LogP contribution in [0.25, 0.3) is 10.9 Å². The monoisotopic (exact) mass is 274 g/mol. The molecule has 1 amide bonds. The fourth-order valence-electron chi connectivity index (χ4n) is 1.82. The number of carbonyl (C=O) groups is 1. The minimum atomic E-state index is -0.0853. The molecular formula is C15H18N2OS. The van der Waals surface area contributed by atoms with Crippen molar-refractivity contribution in [1.82, 2.24) is 10.3 Å². The first-order valence-corrected chi connectivity index (χ1v) is 6.93. The minimum Gasteiger partial charge on any atom is -0.352 e. The van der Waals surface area contributed by atoms with Crippen LogP contribution < -0.4 is 5.32 Å². The van der Waals surface area contributed by atoms with Gasteiger partial charge in [0.1, 0.15) is 0 Å². The molecule has 19 heavy (non-hydrogen) atoms. The fraction of sp³-hybridized carbons (Fsp3) is 0.333. The third-order valence-electron chi connectivity index (χ3n) is 3.30. The minimum absolute atomic E-state index is 0.0853. The van der Waals surface area contributed by atoms with Gasteiger partial charge in [0.15, 0.2) is 0 Å². The van der Waals surface area contributed by atoms with Crippen LogP contribution in [0.5, 0.6) is 0 Å². The summed E-state index contributed by atoms with van der Waals surface area (Å²) in [6.45, 7) is 4.91. The lowest BCUT2D eigenvalue weighted by molar-refractivity contribution is 0.0945. The Morgan fingerprint density at radius 1 is 1.42 bits per heavy atom. The maximum absolute atomic E-state index is 12.1. The molecule has 0 aliphatic heterocycles. The molecule has 3 nitrogen and oxygen atoms in total. The summed E-state index contributed by atoms with van der Waals surface area (Å²) in [5, 5.41) is 3.93. The van der Waals surface area contributed by atoms with Gasteiger partial charge < -0.3 is 5.32 Å². The van der Waals surface area contributed by atoms with Crippen molar-refractivity contribution in [3.8, 4) is 0 Å². The van der Waals surface area contributed by atoms with Crippen molar-refractivity contribution in [2.45, 2.75) is 25.2 Å². The van der Waals surface area contributed by atoms with E-state index in [1.807, 2.05) is 18.2 Å². The summed E-state index contributed by atoms with van der Waals surface area (Å²) in [5.74, 6) is 0.392. The number of fused-ring (bicyclic) bond motifs is 1. The van der Waals surface area contributed by atoms with Crippen molar-refractivity contribution >= 4 is 29.4 Å². The number of nitrogens with one attached hydrogen (secondary N) is 1. The van der Waals surface area contributed by atoms with Crippen LogP contribution in [0.4, 0.5) is 0 Å². The molecule has 1 N–H and O–H groups in total. The van der Waals surface area contributed by atoms with E-state index in [4.69, 9.17) is 0 Å². The van der Waals surface area contributed by atoms with Crippen molar-refractivity contribution in [3.05, 3.63) is 36.0 Å². The molecule has 1 atom stereocenters. The van der Waals surface area contributed by atoms with Gasteiger partial charge in [-0.25, -0.2) is 0 Å². The van der Waals surface area contributed by atoms with Crippen LogP contribution in [0.2, 0.25) is 0 Å². The SMILES string of the molecule is CCC(C)CNC(=O)c1ccc2cccnc2c1S. The maximum atomic E-state index is 12.1. The van der Waals surface area contributed by atoms with Crippen LogP contribution in [0.15, 0.2) is 35.4 Å². The van der Waals surface area contributed by atoms with E-state index in [9.17, 15) is 4.79 Å². The third-order valence-corrected chi connectivity index (χ3v) is 3.75. The lowest BCUT2D eigenvalue weighted by atomic mass is 10.1. The van der Waals surface area contributed by atoms with Crippen LogP contribution in [-0.2, 0) is 0 Å². The number of benzene rings is 1. The first-order valence-electron chi connectivity index (χ1n) is 6.48. The molecule has 2 rings (SSSR count). The largest absolute Gasteiger partial charge is 0.352 e. The van der Waals surface area contributed by atoms with Gasteiger partial charge in [0, 0.05) is 23.0 Å². The molecule has 1 unspecified atom stereocenters. The van der Waals surface area contributed by atoms with Crippen molar-refractivity contribution in [2.24, 2.45) is 5.92 Å². The highest BCUT2D eigenvalue weighted by atomic mass is 32.1. The Balaban J connectivity index is 2.25. The Morgan fingerprint density at radius 2 is 2.21 bits per heavy atom. The smallest absolute Gasteiger partial charge is 0.252 e. The summed E-state index contributed by atoms with van der Waals surface area (Å²) in [5.41, 5.74) is 1.35. The first-order chi connectivity index (χ1) is 9.13. The standard InChI is InChI=1S/C15H18N2OS/c1-3-10(2)9-17-15(18)12-7-6-11-5-4-8-16-13(11)14(12)19/h4-8,10,19H,3,9H2,1-2H3,(H,17,18). The number of hydrogen-bond donors (Lipinski definition) is 2. The molecule has 1 aromatic heterocycles. The second-order valence-corrected chi connectivity index (χ2v) is 5.21. The number of hydrogen-bond acceptors (Lipinski definition) is 3. The molecule has 0 radical (unpaired) electrons. The lowest BCUT2D eigenvalue weighted by Gasteiger charge is -2.12. The summed E-state index contributed by atoms with van der Waals surface area (Å²) >= 11 is 4.45. The molecule has 0 aliphatic carbocycles. The van der Waals surface area contributed by atoms with E-state index in [1.54, 1.807) is 12.3 Å². The van der Waals surface area contributed by atoms with E-state index in [2.05, 4.69) is 36.8 Å². The van der Waals surface area contributed by atoms with Crippen LogP contribution in [0.3, 0.4) is 0 Å². The second kappa shape index (κ2) is 6.06. The Labute approximate surface area is 118 Å². The van der Waals surface area contributed by atoms with E-state index in [-0.39, 0.29) is 5.91 Å². The predicted octanol–water partition coefficient (Wildman–Crippen LogP) is 3.30. The molecule has 1 aromatic carbocycles. The molecule has 0 bridgehead atoms. The molecule has 0 spiro atoms. The molecule has 0 saturated heterocycles. The Hall–Kier alpha value is -1.55. The lowest BCUT2D eigenvalue weighted by Crippen LogP contribution is -2.28. The molecule has 100 valence electrons. The van der Waals surface area contributed by atoms with Gasteiger partial charge in [-0.2, -0.15) is 0 Å². The molecule has 2 aromatic rings.